The average molecular weight is 228 g/mol. The Hall–Kier alpha value is -0.0600. The van der Waals surface area contributed by atoms with E-state index in [0.29, 0.717) is 0 Å². The van der Waals surface area contributed by atoms with Gasteiger partial charge in [0, 0.05) is 11.6 Å². The summed E-state index contributed by atoms with van der Waals surface area (Å²) in [5.41, 5.74) is 0.189. The lowest BCUT2D eigenvalue weighted by Gasteiger charge is -2.36. The van der Waals surface area contributed by atoms with Gasteiger partial charge in [-0.25, -0.2) is 4.98 Å². The summed E-state index contributed by atoms with van der Waals surface area (Å²) in [6.45, 7) is 3.21. The van der Waals surface area contributed by atoms with E-state index in [1.54, 1.807) is 11.3 Å². The maximum atomic E-state index is 4.48. The first-order valence-corrected chi connectivity index (χ1v) is 7.13. The number of hydrogen-bond donors (Lipinski definition) is 1. The van der Waals surface area contributed by atoms with Gasteiger partial charge in [0.2, 0.25) is 0 Å². The number of thioether (sulfide) groups is 1. The van der Waals surface area contributed by atoms with Gasteiger partial charge in [-0.3, -0.25) is 0 Å². The number of nitrogens with zero attached hydrogens (tertiary/aromatic N) is 1. The zero-order chi connectivity index (χ0) is 9.86. The highest BCUT2D eigenvalue weighted by Gasteiger charge is 2.35. The third-order valence-electron chi connectivity index (χ3n) is 2.70. The molecule has 1 aliphatic heterocycles. The summed E-state index contributed by atoms with van der Waals surface area (Å²) >= 11 is 3.84. The summed E-state index contributed by atoms with van der Waals surface area (Å²) in [6, 6.07) is 0. The highest BCUT2D eigenvalue weighted by molar-refractivity contribution is 7.99. The number of thiazole rings is 1. The normalized spacial score (nSPS) is 20.9. The van der Waals surface area contributed by atoms with Crippen molar-refractivity contribution in [3.63, 3.8) is 0 Å². The Kier molecular flexibility index (Phi) is 3.47. The summed E-state index contributed by atoms with van der Waals surface area (Å²) in [4.78, 5) is 4.48. The molecule has 14 heavy (non-hydrogen) atoms. The van der Waals surface area contributed by atoms with E-state index in [1.807, 2.05) is 6.20 Å². The number of hydrogen-bond acceptors (Lipinski definition) is 4. The van der Waals surface area contributed by atoms with Crippen molar-refractivity contribution in [2.45, 2.75) is 25.3 Å². The zero-order valence-corrected chi connectivity index (χ0v) is 10.1. The molecule has 0 atom stereocenters. The summed E-state index contributed by atoms with van der Waals surface area (Å²) in [5.74, 6) is 2.51. The van der Waals surface area contributed by atoms with Crippen LogP contribution in [0.2, 0.25) is 0 Å². The quantitative estimate of drug-likeness (QED) is 0.860. The van der Waals surface area contributed by atoms with Gasteiger partial charge in [-0.05, 0) is 30.9 Å². The first-order valence-electron chi connectivity index (χ1n) is 5.10. The molecule has 2 nitrogen and oxygen atoms in total. The number of aromatic nitrogens is 1. The first-order chi connectivity index (χ1) is 6.87. The topological polar surface area (TPSA) is 24.9 Å². The molecular weight excluding hydrogens is 212 g/mol. The fourth-order valence-electron chi connectivity index (χ4n) is 1.98. The first kappa shape index (κ1) is 10.5. The predicted molar refractivity (Wildman–Crippen MR) is 64.0 cm³/mol. The van der Waals surface area contributed by atoms with E-state index in [0.717, 1.165) is 6.54 Å². The highest BCUT2D eigenvalue weighted by Crippen LogP contribution is 2.36. The van der Waals surface area contributed by atoms with E-state index >= 15 is 0 Å². The summed E-state index contributed by atoms with van der Waals surface area (Å²) in [6.07, 6.45) is 4.36. The fourth-order valence-corrected chi connectivity index (χ4v) is 4.05. The van der Waals surface area contributed by atoms with E-state index in [4.69, 9.17) is 0 Å². The Bertz CT molecular complexity index is 260. The van der Waals surface area contributed by atoms with E-state index in [1.165, 1.54) is 29.4 Å². The Morgan fingerprint density at radius 1 is 1.50 bits per heavy atom. The van der Waals surface area contributed by atoms with Gasteiger partial charge >= 0.3 is 0 Å². The second-order valence-corrected chi connectivity index (χ2v) is 5.68. The predicted octanol–water partition coefficient (Wildman–Crippen LogP) is 2.47. The minimum atomic E-state index is 0.189. The molecule has 1 N–H and O–H groups in total. The third-order valence-corrected chi connectivity index (χ3v) is 4.67. The van der Waals surface area contributed by atoms with Crippen molar-refractivity contribution >= 4 is 23.1 Å². The van der Waals surface area contributed by atoms with Crippen LogP contribution in [0.25, 0.3) is 0 Å². The van der Waals surface area contributed by atoms with E-state index in [-0.39, 0.29) is 5.54 Å². The standard InChI is InChI=1S/C10H16N2S2/c1-2-12-10(3-6-13-7-4-10)9-11-5-8-14-9/h5,8,12H,2-4,6-7H2,1H3. The van der Waals surface area contributed by atoms with Gasteiger partial charge in [0.15, 0.2) is 0 Å². The van der Waals surface area contributed by atoms with Crippen molar-refractivity contribution in [3.05, 3.63) is 16.6 Å². The molecule has 1 fully saturated rings. The van der Waals surface area contributed by atoms with Gasteiger partial charge in [-0.1, -0.05) is 6.92 Å². The van der Waals surface area contributed by atoms with Gasteiger partial charge in [0.25, 0.3) is 0 Å². The van der Waals surface area contributed by atoms with Crippen LogP contribution in [0.4, 0.5) is 0 Å². The van der Waals surface area contributed by atoms with Crippen molar-refractivity contribution < 1.29 is 0 Å². The second-order valence-electron chi connectivity index (χ2n) is 3.56. The lowest BCUT2D eigenvalue weighted by atomic mass is 9.93. The Labute approximate surface area is 93.5 Å². The van der Waals surface area contributed by atoms with E-state index < -0.39 is 0 Å². The second kappa shape index (κ2) is 4.64. The maximum absolute atomic E-state index is 4.48. The number of rotatable bonds is 3. The van der Waals surface area contributed by atoms with Crippen LogP contribution < -0.4 is 5.32 Å². The molecule has 1 aromatic rings. The van der Waals surface area contributed by atoms with Crippen LogP contribution in [0, 0.1) is 0 Å². The maximum Gasteiger partial charge on any atom is 0.113 e. The molecule has 1 saturated heterocycles. The van der Waals surface area contributed by atoms with E-state index in [9.17, 15) is 0 Å². The average Bonchev–Trinajstić information content (AvgIpc) is 2.73. The van der Waals surface area contributed by atoms with Gasteiger partial charge < -0.3 is 5.32 Å². The van der Waals surface area contributed by atoms with Crippen molar-refractivity contribution in [2.24, 2.45) is 0 Å². The SMILES string of the molecule is CCNC1(c2nccs2)CCSCC1. The van der Waals surface area contributed by atoms with Crippen LogP contribution >= 0.6 is 23.1 Å². The monoisotopic (exact) mass is 228 g/mol. The van der Waals surface area contributed by atoms with Gasteiger partial charge in [-0.2, -0.15) is 11.8 Å². The zero-order valence-electron chi connectivity index (χ0n) is 8.45. The Morgan fingerprint density at radius 2 is 2.29 bits per heavy atom. The molecule has 1 aromatic heterocycles. The minimum absolute atomic E-state index is 0.189. The Morgan fingerprint density at radius 3 is 2.86 bits per heavy atom. The fraction of sp³-hybridized carbons (Fsp3) is 0.700. The van der Waals surface area contributed by atoms with Crippen LogP contribution in [-0.4, -0.2) is 23.0 Å². The molecule has 0 aromatic carbocycles. The number of nitrogens with one attached hydrogen (secondary N) is 1. The molecule has 0 radical (unpaired) electrons. The van der Waals surface area contributed by atoms with Crippen LogP contribution in [-0.2, 0) is 5.54 Å². The summed E-state index contributed by atoms with van der Waals surface area (Å²) < 4.78 is 0. The molecule has 2 rings (SSSR count). The molecule has 0 spiro atoms. The lowest BCUT2D eigenvalue weighted by molar-refractivity contribution is 0.313. The summed E-state index contributed by atoms with van der Waals surface area (Å²) in [7, 11) is 0. The van der Waals surface area contributed by atoms with Crippen molar-refractivity contribution in [1.29, 1.82) is 0 Å². The van der Waals surface area contributed by atoms with Gasteiger partial charge in [-0.15, -0.1) is 11.3 Å². The van der Waals surface area contributed by atoms with Crippen molar-refractivity contribution in [2.75, 3.05) is 18.1 Å². The van der Waals surface area contributed by atoms with Crippen LogP contribution in [0.1, 0.15) is 24.8 Å². The van der Waals surface area contributed by atoms with Crippen molar-refractivity contribution in [1.82, 2.24) is 10.3 Å². The molecule has 0 aliphatic carbocycles. The highest BCUT2D eigenvalue weighted by atomic mass is 32.2. The Balaban J connectivity index is 2.20. The third kappa shape index (κ3) is 1.97. The smallest absolute Gasteiger partial charge is 0.113 e. The molecule has 2 heterocycles. The molecule has 0 saturated carbocycles. The van der Waals surface area contributed by atoms with Crippen LogP contribution in [0.15, 0.2) is 11.6 Å². The van der Waals surface area contributed by atoms with Gasteiger partial charge in [0.05, 0.1) is 5.54 Å². The van der Waals surface area contributed by atoms with Crippen molar-refractivity contribution in [3.8, 4) is 0 Å². The molecule has 0 amide bonds. The summed E-state index contributed by atoms with van der Waals surface area (Å²) in [5, 5.41) is 6.99. The van der Waals surface area contributed by atoms with Crippen LogP contribution in [0.5, 0.6) is 0 Å². The molecule has 78 valence electrons. The minimum Gasteiger partial charge on any atom is -0.306 e. The van der Waals surface area contributed by atoms with E-state index in [2.05, 4.69) is 34.4 Å². The molecular formula is C10H16N2S2. The molecule has 1 aliphatic rings. The molecule has 0 bridgehead atoms. The lowest BCUT2D eigenvalue weighted by Crippen LogP contribution is -2.45. The largest absolute Gasteiger partial charge is 0.306 e. The molecule has 0 unspecified atom stereocenters. The molecule has 4 heteroatoms. The van der Waals surface area contributed by atoms with Crippen LogP contribution in [0.3, 0.4) is 0 Å². The van der Waals surface area contributed by atoms with Gasteiger partial charge in [0.1, 0.15) is 5.01 Å².